The van der Waals surface area contributed by atoms with Crippen LogP contribution in [0.5, 0.6) is 0 Å². The van der Waals surface area contributed by atoms with Crippen molar-refractivity contribution in [2.45, 2.75) is 37.8 Å². The summed E-state index contributed by atoms with van der Waals surface area (Å²) in [6, 6.07) is 16.1. The summed E-state index contributed by atoms with van der Waals surface area (Å²) in [5.74, 6) is 0. The maximum absolute atomic E-state index is 10.7. The fourth-order valence-electron chi connectivity index (χ4n) is 4.44. The molecule has 0 aliphatic carbocycles. The number of rotatable bonds is 5. The van der Waals surface area contributed by atoms with Crippen LogP contribution in [0.3, 0.4) is 0 Å². The summed E-state index contributed by atoms with van der Waals surface area (Å²) in [7, 11) is 0. The number of nitroso groups, excluding NO2 is 2. The molecule has 6 heteroatoms. The summed E-state index contributed by atoms with van der Waals surface area (Å²) in [5, 5.41) is 5.99. The highest BCUT2D eigenvalue weighted by atomic mass is 16.3. The quantitative estimate of drug-likeness (QED) is 0.702. The first kappa shape index (κ1) is 16.7. The number of benzene rings is 2. The minimum absolute atomic E-state index is 0.455. The van der Waals surface area contributed by atoms with Crippen LogP contribution in [0.25, 0.3) is 0 Å². The molecule has 0 radical (unpaired) electrons. The van der Waals surface area contributed by atoms with E-state index in [4.69, 9.17) is 0 Å². The van der Waals surface area contributed by atoms with E-state index >= 15 is 0 Å². The lowest BCUT2D eigenvalue weighted by molar-refractivity contribution is 0.521. The molecule has 2 heterocycles. The molecule has 2 saturated heterocycles. The summed E-state index contributed by atoms with van der Waals surface area (Å²) >= 11 is 0. The fraction of sp³-hybridized carbons (Fsp3) is 0.400. The molecule has 4 rings (SSSR count). The molecule has 0 aromatic heterocycles. The molecule has 2 aliphatic heterocycles. The summed E-state index contributed by atoms with van der Waals surface area (Å²) in [5.41, 5.74) is 3.26. The van der Waals surface area contributed by atoms with Crippen molar-refractivity contribution in [3.63, 3.8) is 0 Å². The second-order valence-corrected chi connectivity index (χ2v) is 7.02. The van der Waals surface area contributed by atoms with Gasteiger partial charge in [0.2, 0.25) is 0 Å². The van der Waals surface area contributed by atoms with Gasteiger partial charge in [-0.15, -0.1) is 9.81 Å². The normalized spacial score (nSPS) is 22.6. The van der Waals surface area contributed by atoms with Gasteiger partial charge in [-0.1, -0.05) is 0 Å². The largest absolute Gasteiger partial charge is 0.366 e. The Morgan fingerprint density at radius 2 is 1.04 bits per heavy atom. The van der Waals surface area contributed by atoms with Crippen LogP contribution in [0.15, 0.2) is 58.9 Å². The zero-order chi connectivity index (χ0) is 17.9. The Morgan fingerprint density at radius 1 is 0.654 bits per heavy atom. The molecule has 0 saturated carbocycles. The van der Waals surface area contributed by atoms with Gasteiger partial charge in [-0.25, -0.2) is 0 Å². The smallest absolute Gasteiger partial charge is 0.108 e. The van der Waals surface area contributed by atoms with E-state index in [0.29, 0.717) is 23.5 Å². The van der Waals surface area contributed by atoms with E-state index < -0.39 is 0 Å². The van der Waals surface area contributed by atoms with E-state index in [2.05, 4.69) is 20.2 Å². The molecule has 2 aliphatic rings. The molecule has 2 fully saturated rings. The van der Waals surface area contributed by atoms with Crippen LogP contribution in [0.2, 0.25) is 0 Å². The zero-order valence-electron chi connectivity index (χ0n) is 14.6. The summed E-state index contributed by atoms with van der Waals surface area (Å²) < 4.78 is 0. The Balaban J connectivity index is 1.57. The van der Waals surface area contributed by atoms with Crippen molar-refractivity contribution in [3.05, 3.63) is 58.3 Å². The fourth-order valence-corrected chi connectivity index (χ4v) is 4.44. The van der Waals surface area contributed by atoms with Gasteiger partial charge in [0.25, 0.3) is 0 Å². The average Bonchev–Trinajstić information content (AvgIpc) is 3.37. The second kappa shape index (κ2) is 7.23. The van der Waals surface area contributed by atoms with Crippen LogP contribution in [0.4, 0.5) is 22.7 Å². The van der Waals surface area contributed by atoms with Gasteiger partial charge < -0.3 is 9.80 Å². The zero-order valence-corrected chi connectivity index (χ0v) is 14.6. The summed E-state index contributed by atoms with van der Waals surface area (Å²) in [6.07, 6.45) is 4.69. The van der Waals surface area contributed by atoms with Crippen molar-refractivity contribution < 1.29 is 0 Å². The number of hydrogen-bond acceptors (Lipinski definition) is 6. The van der Waals surface area contributed by atoms with E-state index in [1.54, 1.807) is 24.3 Å². The summed E-state index contributed by atoms with van der Waals surface area (Å²) in [4.78, 5) is 26.3. The van der Waals surface area contributed by atoms with Gasteiger partial charge in [0.05, 0.1) is 0 Å². The summed E-state index contributed by atoms with van der Waals surface area (Å²) in [6.45, 7) is 2.08. The molecular formula is C20H22N4O2. The van der Waals surface area contributed by atoms with Gasteiger partial charge >= 0.3 is 0 Å². The second-order valence-electron chi connectivity index (χ2n) is 7.02. The van der Waals surface area contributed by atoms with Crippen molar-refractivity contribution in [2.75, 3.05) is 22.9 Å². The van der Waals surface area contributed by atoms with Crippen LogP contribution in [-0.4, -0.2) is 25.2 Å². The first-order valence-corrected chi connectivity index (χ1v) is 9.20. The third-order valence-corrected chi connectivity index (χ3v) is 5.62. The minimum atomic E-state index is 0.455. The molecule has 2 unspecified atom stereocenters. The lowest BCUT2D eigenvalue weighted by Crippen LogP contribution is -2.46. The molecule has 0 amide bonds. The van der Waals surface area contributed by atoms with Crippen LogP contribution in [0, 0.1) is 9.81 Å². The highest BCUT2D eigenvalue weighted by molar-refractivity contribution is 5.57. The maximum Gasteiger partial charge on any atom is 0.108 e. The van der Waals surface area contributed by atoms with E-state index in [1.807, 2.05) is 24.3 Å². The molecular weight excluding hydrogens is 328 g/mol. The Bertz CT molecular complexity index is 708. The first-order chi connectivity index (χ1) is 12.8. The Hall–Kier alpha value is -2.76. The lowest BCUT2D eigenvalue weighted by atomic mass is 10.0. The molecule has 2 atom stereocenters. The predicted molar refractivity (Wildman–Crippen MR) is 105 cm³/mol. The van der Waals surface area contributed by atoms with E-state index in [0.717, 1.165) is 24.5 Å². The van der Waals surface area contributed by atoms with Crippen molar-refractivity contribution in [1.82, 2.24) is 0 Å². The molecule has 2 aromatic carbocycles. The van der Waals surface area contributed by atoms with Gasteiger partial charge in [-0.3, -0.25) is 0 Å². The van der Waals surface area contributed by atoms with Crippen LogP contribution >= 0.6 is 0 Å². The molecule has 0 N–H and O–H groups in total. The lowest BCUT2D eigenvalue weighted by Gasteiger charge is -2.37. The highest BCUT2D eigenvalue weighted by Crippen LogP contribution is 2.36. The van der Waals surface area contributed by atoms with Gasteiger partial charge in [-0.05, 0) is 84.6 Å². The molecule has 26 heavy (non-hydrogen) atoms. The SMILES string of the molecule is O=Nc1ccc(N2CCCC2C2CCCN2c2ccc(N=O)cc2)cc1. The van der Waals surface area contributed by atoms with Crippen molar-refractivity contribution in [2.24, 2.45) is 10.4 Å². The van der Waals surface area contributed by atoms with Crippen molar-refractivity contribution >= 4 is 22.7 Å². The standard InChI is InChI=1S/C20H22N4O2/c25-21-15-5-9-17(10-6-15)23-13-1-3-19(23)20-4-2-14-24(20)18-11-7-16(22-26)8-12-18/h5-12,19-20H,1-4,13-14H2. The highest BCUT2D eigenvalue weighted by Gasteiger charge is 2.38. The first-order valence-electron chi connectivity index (χ1n) is 9.20. The minimum Gasteiger partial charge on any atom is -0.366 e. The van der Waals surface area contributed by atoms with Gasteiger partial charge in [-0.2, -0.15) is 0 Å². The average molecular weight is 350 g/mol. The van der Waals surface area contributed by atoms with Gasteiger partial charge in [0.1, 0.15) is 11.4 Å². The van der Waals surface area contributed by atoms with Crippen molar-refractivity contribution in [3.8, 4) is 0 Å². The monoisotopic (exact) mass is 350 g/mol. The third kappa shape index (κ3) is 3.07. The van der Waals surface area contributed by atoms with E-state index in [-0.39, 0.29) is 0 Å². The van der Waals surface area contributed by atoms with Gasteiger partial charge in [0, 0.05) is 36.5 Å². The topological polar surface area (TPSA) is 65.3 Å². The maximum atomic E-state index is 10.7. The number of nitrogens with zero attached hydrogens (tertiary/aromatic N) is 4. The Labute approximate surface area is 152 Å². The molecule has 6 nitrogen and oxygen atoms in total. The Kier molecular flexibility index (Phi) is 4.65. The van der Waals surface area contributed by atoms with Crippen LogP contribution in [-0.2, 0) is 0 Å². The van der Waals surface area contributed by atoms with Crippen molar-refractivity contribution in [1.29, 1.82) is 0 Å². The predicted octanol–water partition coefficient (Wildman–Crippen LogP) is 5.12. The molecule has 2 aromatic rings. The van der Waals surface area contributed by atoms with Gasteiger partial charge in [0.15, 0.2) is 0 Å². The third-order valence-electron chi connectivity index (χ3n) is 5.62. The van der Waals surface area contributed by atoms with E-state index in [9.17, 15) is 9.81 Å². The molecule has 134 valence electrons. The van der Waals surface area contributed by atoms with E-state index in [1.165, 1.54) is 25.7 Å². The van der Waals surface area contributed by atoms with Crippen LogP contribution in [0.1, 0.15) is 25.7 Å². The Morgan fingerprint density at radius 3 is 1.38 bits per heavy atom. The number of hydrogen-bond donors (Lipinski definition) is 0. The number of anilines is 2. The molecule has 0 spiro atoms. The molecule has 0 bridgehead atoms. The van der Waals surface area contributed by atoms with Crippen LogP contribution < -0.4 is 9.80 Å².